The Morgan fingerprint density at radius 2 is 1.93 bits per heavy atom. The quantitative estimate of drug-likeness (QED) is 0.607. The molecule has 3 heterocycles. The van der Waals surface area contributed by atoms with Crippen molar-refractivity contribution in [1.82, 2.24) is 19.2 Å². The summed E-state index contributed by atoms with van der Waals surface area (Å²) >= 11 is 9.48. The molecular weight excluding hydrogens is 435 g/mol. The molecular formula is C19H17BrClFN4O. The van der Waals surface area contributed by atoms with E-state index in [1.54, 1.807) is 4.90 Å². The summed E-state index contributed by atoms with van der Waals surface area (Å²) in [4.78, 5) is 21.3. The second-order valence-corrected chi connectivity index (χ2v) is 7.86. The highest BCUT2D eigenvalue weighted by Crippen LogP contribution is 2.20. The minimum absolute atomic E-state index is 0.151. The Hall–Kier alpha value is -1.96. The van der Waals surface area contributed by atoms with Crippen LogP contribution >= 0.6 is 27.5 Å². The molecule has 1 aliphatic rings. The van der Waals surface area contributed by atoms with Crippen molar-refractivity contribution in [3.63, 3.8) is 0 Å². The molecule has 0 N–H and O–H groups in total. The number of halogens is 3. The molecule has 0 aliphatic carbocycles. The first-order valence-electron chi connectivity index (χ1n) is 8.59. The molecule has 1 amide bonds. The SMILES string of the molecule is O=C(c1ccc(F)cc1Cl)N1CCN(Cc2cn3cc(Br)ccc3n2)CC1. The van der Waals surface area contributed by atoms with Crippen LogP contribution in [0.3, 0.4) is 0 Å². The van der Waals surface area contributed by atoms with Crippen molar-refractivity contribution in [3.8, 4) is 0 Å². The van der Waals surface area contributed by atoms with Crippen molar-refractivity contribution in [2.45, 2.75) is 6.54 Å². The molecule has 5 nitrogen and oxygen atoms in total. The van der Waals surface area contributed by atoms with Crippen molar-refractivity contribution < 1.29 is 9.18 Å². The van der Waals surface area contributed by atoms with Gasteiger partial charge in [0.1, 0.15) is 11.5 Å². The smallest absolute Gasteiger partial charge is 0.255 e. The number of nitrogens with zero attached hydrogens (tertiary/aromatic N) is 4. The van der Waals surface area contributed by atoms with Crippen molar-refractivity contribution in [3.05, 3.63) is 69.3 Å². The largest absolute Gasteiger partial charge is 0.336 e. The van der Waals surface area contributed by atoms with Crippen LogP contribution in [0.2, 0.25) is 5.02 Å². The van der Waals surface area contributed by atoms with Gasteiger partial charge in [0.2, 0.25) is 0 Å². The van der Waals surface area contributed by atoms with E-state index in [2.05, 4.69) is 25.8 Å². The van der Waals surface area contributed by atoms with E-state index in [1.165, 1.54) is 18.2 Å². The summed E-state index contributed by atoms with van der Waals surface area (Å²) in [5, 5.41) is 0.151. The zero-order valence-corrected chi connectivity index (χ0v) is 16.7. The molecule has 27 heavy (non-hydrogen) atoms. The maximum absolute atomic E-state index is 13.2. The van der Waals surface area contributed by atoms with E-state index in [1.807, 2.05) is 28.9 Å². The van der Waals surface area contributed by atoms with E-state index < -0.39 is 5.82 Å². The van der Waals surface area contributed by atoms with Gasteiger partial charge in [0, 0.05) is 49.6 Å². The molecule has 0 atom stereocenters. The van der Waals surface area contributed by atoms with Gasteiger partial charge in [0.25, 0.3) is 5.91 Å². The summed E-state index contributed by atoms with van der Waals surface area (Å²) < 4.78 is 16.2. The number of aromatic nitrogens is 2. The van der Waals surface area contributed by atoms with Gasteiger partial charge in [0.15, 0.2) is 0 Å². The molecule has 1 saturated heterocycles. The molecule has 0 saturated carbocycles. The molecule has 140 valence electrons. The van der Waals surface area contributed by atoms with Gasteiger partial charge in [-0.15, -0.1) is 0 Å². The van der Waals surface area contributed by atoms with Gasteiger partial charge < -0.3 is 9.30 Å². The minimum Gasteiger partial charge on any atom is -0.336 e. The normalized spacial score (nSPS) is 15.4. The number of hydrogen-bond acceptors (Lipinski definition) is 3. The Kier molecular flexibility index (Phi) is 5.16. The lowest BCUT2D eigenvalue weighted by molar-refractivity contribution is 0.0627. The van der Waals surface area contributed by atoms with E-state index in [0.717, 1.165) is 35.4 Å². The Balaban J connectivity index is 1.38. The third kappa shape index (κ3) is 4.00. The van der Waals surface area contributed by atoms with E-state index in [4.69, 9.17) is 11.6 Å². The first-order valence-corrected chi connectivity index (χ1v) is 9.76. The fraction of sp³-hybridized carbons (Fsp3) is 0.263. The number of benzene rings is 1. The lowest BCUT2D eigenvalue weighted by Crippen LogP contribution is -2.48. The summed E-state index contributed by atoms with van der Waals surface area (Å²) in [6.07, 6.45) is 4.00. The fourth-order valence-corrected chi connectivity index (χ4v) is 3.87. The number of carbonyl (C=O) groups excluding carboxylic acids is 1. The Morgan fingerprint density at radius 3 is 2.67 bits per heavy atom. The number of fused-ring (bicyclic) bond motifs is 1. The Morgan fingerprint density at radius 1 is 1.15 bits per heavy atom. The van der Waals surface area contributed by atoms with Gasteiger partial charge in [-0.25, -0.2) is 9.37 Å². The first kappa shape index (κ1) is 18.4. The number of carbonyl (C=O) groups is 1. The second-order valence-electron chi connectivity index (χ2n) is 6.54. The van der Waals surface area contributed by atoms with Crippen LogP contribution in [0, 0.1) is 5.82 Å². The van der Waals surface area contributed by atoms with Crippen LogP contribution in [-0.4, -0.2) is 51.3 Å². The highest BCUT2D eigenvalue weighted by atomic mass is 79.9. The molecule has 3 aromatic rings. The number of pyridine rings is 1. The molecule has 0 unspecified atom stereocenters. The molecule has 0 radical (unpaired) electrons. The van der Waals surface area contributed by atoms with Crippen LogP contribution in [0.15, 0.2) is 47.2 Å². The Bertz CT molecular complexity index is 1000. The summed E-state index contributed by atoms with van der Waals surface area (Å²) in [7, 11) is 0. The minimum atomic E-state index is -0.444. The van der Waals surface area contributed by atoms with E-state index in [0.29, 0.717) is 18.7 Å². The summed E-state index contributed by atoms with van der Waals surface area (Å²) in [6.45, 7) is 3.44. The topological polar surface area (TPSA) is 40.9 Å². The molecule has 1 aromatic carbocycles. The molecule has 0 spiro atoms. The molecule has 1 aliphatic heterocycles. The van der Waals surface area contributed by atoms with Crippen LogP contribution in [-0.2, 0) is 6.54 Å². The average molecular weight is 452 g/mol. The maximum atomic E-state index is 13.2. The van der Waals surface area contributed by atoms with E-state index in [-0.39, 0.29) is 10.9 Å². The summed E-state index contributed by atoms with van der Waals surface area (Å²) in [5.41, 5.74) is 2.25. The van der Waals surface area contributed by atoms with Crippen molar-refractivity contribution in [2.24, 2.45) is 0 Å². The highest BCUT2D eigenvalue weighted by molar-refractivity contribution is 9.10. The van der Waals surface area contributed by atoms with Crippen molar-refractivity contribution in [1.29, 1.82) is 0 Å². The predicted molar refractivity (Wildman–Crippen MR) is 105 cm³/mol. The molecule has 1 fully saturated rings. The predicted octanol–water partition coefficient (Wildman–Crippen LogP) is 3.85. The van der Waals surface area contributed by atoms with Gasteiger partial charge in [-0.1, -0.05) is 11.6 Å². The number of amides is 1. The summed E-state index contributed by atoms with van der Waals surface area (Å²) in [5.74, 6) is -0.599. The fourth-order valence-electron chi connectivity index (χ4n) is 3.26. The number of piperazine rings is 1. The molecule has 4 rings (SSSR count). The lowest BCUT2D eigenvalue weighted by Gasteiger charge is -2.34. The average Bonchev–Trinajstić information content (AvgIpc) is 3.03. The number of imidazole rings is 1. The maximum Gasteiger partial charge on any atom is 0.255 e. The highest BCUT2D eigenvalue weighted by Gasteiger charge is 2.24. The van der Waals surface area contributed by atoms with Gasteiger partial charge >= 0.3 is 0 Å². The van der Waals surface area contributed by atoms with Crippen molar-refractivity contribution in [2.75, 3.05) is 26.2 Å². The zero-order valence-electron chi connectivity index (χ0n) is 14.4. The first-order chi connectivity index (χ1) is 13.0. The standard InChI is InChI=1S/C19H17BrClFN4O/c20-13-1-4-18-23-15(12-26(18)10-13)11-24-5-7-25(8-6-24)19(27)16-3-2-14(22)9-17(16)21/h1-4,9-10,12H,5-8,11H2. The lowest BCUT2D eigenvalue weighted by atomic mass is 10.1. The molecule has 0 bridgehead atoms. The summed E-state index contributed by atoms with van der Waals surface area (Å²) in [6, 6.07) is 7.82. The van der Waals surface area contributed by atoms with Crippen LogP contribution in [0.4, 0.5) is 4.39 Å². The van der Waals surface area contributed by atoms with Gasteiger partial charge in [-0.3, -0.25) is 9.69 Å². The van der Waals surface area contributed by atoms with E-state index >= 15 is 0 Å². The van der Waals surface area contributed by atoms with Crippen LogP contribution < -0.4 is 0 Å². The van der Waals surface area contributed by atoms with Crippen LogP contribution in [0.5, 0.6) is 0 Å². The van der Waals surface area contributed by atoms with Crippen LogP contribution in [0.1, 0.15) is 16.1 Å². The van der Waals surface area contributed by atoms with E-state index in [9.17, 15) is 9.18 Å². The molecule has 8 heteroatoms. The number of rotatable bonds is 3. The van der Waals surface area contributed by atoms with Gasteiger partial charge in [-0.2, -0.15) is 0 Å². The zero-order chi connectivity index (χ0) is 19.0. The van der Waals surface area contributed by atoms with Gasteiger partial charge in [-0.05, 0) is 46.3 Å². The monoisotopic (exact) mass is 450 g/mol. The second kappa shape index (κ2) is 7.58. The number of hydrogen-bond donors (Lipinski definition) is 0. The third-order valence-corrected chi connectivity index (χ3v) is 5.45. The van der Waals surface area contributed by atoms with Crippen molar-refractivity contribution >= 4 is 39.1 Å². The van der Waals surface area contributed by atoms with Gasteiger partial charge in [0.05, 0.1) is 16.3 Å². The van der Waals surface area contributed by atoms with Crippen LogP contribution in [0.25, 0.3) is 5.65 Å². The molecule has 2 aromatic heterocycles. The Labute approximate surface area is 169 Å². The third-order valence-electron chi connectivity index (χ3n) is 4.67.